The third kappa shape index (κ3) is 4.67. The van der Waals surface area contributed by atoms with Gasteiger partial charge in [0, 0.05) is 0 Å². The molecular weight excluding hydrogens is 647 g/mol. The summed E-state index contributed by atoms with van der Waals surface area (Å²) in [5.74, 6) is 0. The predicted molar refractivity (Wildman–Crippen MR) is 183 cm³/mol. The number of rotatable bonds is 7. The zero-order valence-electron chi connectivity index (χ0n) is 24.1. The minimum absolute atomic E-state index is 0.0964. The Morgan fingerprint density at radius 3 is 2.19 bits per heavy atom. The van der Waals surface area contributed by atoms with Crippen LogP contribution in [0.3, 0.4) is 0 Å². The van der Waals surface area contributed by atoms with Crippen LogP contribution in [-0.2, 0) is 24.3 Å². The van der Waals surface area contributed by atoms with E-state index >= 15 is 0 Å². The van der Waals surface area contributed by atoms with Crippen molar-refractivity contribution in [2.45, 2.75) is 36.7 Å². The van der Waals surface area contributed by atoms with Crippen LogP contribution in [0, 0.1) is 0 Å². The minimum atomic E-state index is -4.02. The molecule has 1 aliphatic carbocycles. The van der Waals surface area contributed by atoms with E-state index in [2.05, 4.69) is 129 Å². The van der Waals surface area contributed by atoms with Crippen molar-refractivity contribution in [3.63, 3.8) is 0 Å². The second-order valence-corrected chi connectivity index (χ2v) is 27.4. The van der Waals surface area contributed by atoms with E-state index in [-0.39, 0.29) is 3.63 Å². The average molecular weight is 681 g/mol. The molecule has 7 rings (SSSR count). The molecule has 0 saturated carbocycles. The molecule has 0 N–H and O–H groups in total. The second kappa shape index (κ2) is 11.5. The first-order valence-corrected chi connectivity index (χ1v) is 25.5. The Labute approximate surface area is 263 Å². The van der Waals surface area contributed by atoms with E-state index in [1.807, 2.05) is 0 Å². The summed E-state index contributed by atoms with van der Waals surface area (Å²) in [6, 6.07) is 40.1. The molecule has 0 aromatic heterocycles. The monoisotopic (exact) mass is 678 g/mol. The molecule has 42 heavy (non-hydrogen) atoms. The summed E-state index contributed by atoms with van der Waals surface area (Å²) in [4.78, 5) is 0. The molecule has 0 radical (unpaired) electrons. The number of hydrogen-bond acceptors (Lipinski definition) is 0. The Morgan fingerprint density at radius 2 is 1.40 bits per heavy atom. The quantitative estimate of drug-likeness (QED) is 0.148. The first-order valence-electron chi connectivity index (χ1n) is 15.1. The molecule has 0 nitrogen and oxygen atoms in total. The van der Waals surface area contributed by atoms with E-state index in [9.17, 15) is 0 Å². The first-order chi connectivity index (χ1) is 20.5. The summed E-state index contributed by atoms with van der Waals surface area (Å²) in [7, 11) is 15.2. The first kappa shape index (κ1) is 28.3. The van der Waals surface area contributed by atoms with Gasteiger partial charge >= 0.3 is 266 Å². The van der Waals surface area contributed by atoms with Gasteiger partial charge in [0.05, 0.1) is 0 Å². The Bertz CT molecular complexity index is 1840. The topological polar surface area (TPSA) is 0 Å². The molecule has 1 unspecified atom stereocenters. The van der Waals surface area contributed by atoms with Crippen molar-refractivity contribution in [3.05, 3.63) is 131 Å². The zero-order chi connectivity index (χ0) is 28.8. The number of benzene rings is 5. The van der Waals surface area contributed by atoms with E-state index < -0.39 is 27.4 Å². The molecule has 0 amide bonds. The van der Waals surface area contributed by atoms with Crippen molar-refractivity contribution in [3.8, 4) is 33.4 Å². The average Bonchev–Trinajstić information content (AvgIpc) is 3.59. The molecule has 1 aliphatic heterocycles. The van der Waals surface area contributed by atoms with Crippen molar-refractivity contribution in [2.24, 2.45) is 0 Å². The van der Waals surface area contributed by atoms with Gasteiger partial charge in [-0.3, -0.25) is 0 Å². The Balaban J connectivity index is 1.45. The third-order valence-corrected chi connectivity index (χ3v) is 23.5. The Hall–Kier alpha value is -2.48. The molecule has 5 aromatic rings. The number of fused-ring (bicyclic) bond motifs is 4. The molecule has 4 heteroatoms. The van der Waals surface area contributed by atoms with Crippen LogP contribution in [0.2, 0.25) is 0 Å². The fourth-order valence-electron chi connectivity index (χ4n) is 7.29. The number of hydrogen-bond donors (Lipinski definition) is 0. The van der Waals surface area contributed by atoms with Crippen LogP contribution in [-0.4, -0.2) is 9.52 Å². The summed E-state index contributed by atoms with van der Waals surface area (Å²) in [5.41, 5.74) is 13.3. The van der Waals surface area contributed by atoms with Crippen LogP contribution < -0.4 is 13.6 Å². The van der Waals surface area contributed by atoms with Gasteiger partial charge in [-0.1, -0.05) is 0 Å². The molecule has 208 valence electrons. The van der Waals surface area contributed by atoms with E-state index in [1.54, 1.807) is 0 Å². The summed E-state index contributed by atoms with van der Waals surface area (Å²) >= 11 is -4.02. The maximum atomic E-state index is 7.92. The van der Waals surface area contributed by atoms with Gasteiger partial charge in [0.1, 0.15) is 0 Å². The van der Waals surface area contributed by atoms with Crippen molar-refractivity contribution >= 4 is 46.3 Å². The van der Waals surface area contributed by atoms with E-state index in [0.29, 0.717) is 0 Å². The van der Waals surface area contributed by atoms with Gasteiger partial charge in [0.2, 0.25) is 0 Å². The summed E-state index contributed by atoms with van der Waals surface area (Å²) in [6.07, 6.45) is 5.55. The molecule has 0 fully saturated rings. The van der Waals surface area contributed by atoms with Crippen LogP contribution in [0.1, 0.15) is 47.0 Å². The Kier molecular flexibility index (Phi) is 7.78. The Morgan fingerprint density at radius 1 is 0.690 bits per heavy atom. The van der Waals surface area contributed by atoms with Crippen LogP contribution in [0.4, 0.5) is 0 Å². The molecule has 0 spiro atoms. The fraction of sp³-hybridized carbons (Fsp3) is 0.158. The van der Waals surface area contributed by atoms with Gasteiger partial charge in [-0.2, -0.15) is 0 Å². The molecule has 0 bridgehead atoms. The normalized spacial score (nSPS) is 15.8. The van der Waals surface area contributed by atoms with Crippen LogP contribution in [0.15, 0.2) is 115 Å². The summed E-state index contributed by atoms with van der Waals surface area (Å²) < 4.78 is 1.40. The fourth-order valence-corrected chi connectivity index (χ4v) is 24.2. The molecule has 5 aromatic carbocycles. The van der Waals surface area contributed by atoms with Gasteiger partial charge in [-0.05, 0) is 0 Å². The molecule has 2 aliphatic rings. The summed E-state index contributed by atoms with van der Waals surface area (Å²) in [5, 5.41) is 3.00. The number of aryl methyl sites for hydroxylation is 1. The molecule has 1 heterocycles. The molecular formula is C38H34Cl2SiZr. The SMILES string of the molecule is CCCC1=Cc2c(ccc(-c3ccccc3)c2-c2ccccc2CC)[CH]1[Zr]([Cl])([Cl])[c]1cccc2c1[SiH2]c1ccccc1-2. The van der Waals surface area contributed by atoms with Crippen molar-refractivity contribution in [1.29, 1.82) is 0 Å². The van der Waals surface area contributed by atoms with E-state index in [1.165, 1.54) is 69.3 Å². The van der Waals surface area contributed by atoms with Crippen molar-refractivity contribution < 1.29 is 17.9 Å². The standard InChI is InChI=1S/C26H25.C12H9Si.2ClH.Zr/c1-3-10-19-17-22-15-16-24(21-12-6-5-7-13-21)26(25(22)18-19)23-14-9-8-11-20(23)4-2;1-3-7-11-9(5-1)10-6-2-4-8-12(10)13-11;;;/h5-9,11-18H,3-4,10H2,1-2H3;1-7H,13H2;2*1H;/q;;;;+2/p-2. The van der Waals surface area contributed by atoms with Gasteiger partial charge in [-0.25, -0.2) is 0 Å². The van der Waals surface area contributed by atoms with Crippen LogP contribution >= 0.6 is 17.0 Å². The van der Waals surface area contributed by atoms with Crippen molar-refractivity contribution in [1.82, 2.24) is 0 Å². The van der Waals surface area contributed by atoms with Gasteiger partial charge < -0.3 is 0 Å². The molecule has 1 atom stereocenters. The van der Waals surface area contributed by atoms with E-state index in [4.69, 9.17) is 17.0 Å². The van der Waals surface area contributed by atoms with Gasteiger partial charge in [-0.15, -0.1) is 0 Å². The number of allylic oxidation sites excluding steroid dienone is 1. The molecule has 0 saturated heterocycles. The van der Waals surface area contributed by atoms with Gasteiger partial charge in [0.25, 0.3) is 0 Å². The second-order valence-electron chi connectivity index (χ2n) is 11.6. The predicted octanol–water partition coefficient (Wildman–Crippen LogP) is 8.71. The third-order valence-electron chi connectivity index (χ3n) is 9.15. The van der Waals surface area contributed by atoms with Crippen LogP contribution in [0.25, 0.3) is 39.5 Å². The maximum absolute atomic E-state index is 7.92. The van der Waals surface area contributed by atoms with Crippen molar-refractivity contribution in [2.75, 3.05) is 0 Å². The van der Waals surface area contributed by atoms with Crippen LogP contribution in [0.5, 0.6) is 0 Å². The summed E-state index contributed by atoms with van der Waals surface area (Å²) in [6.45, 7) is 4.52. The van der Waals surface area contributed by atoms with Gasteiger partial charge in [0.15, 0.2) is 0 Å². The number of halogens is 2. The zero-order valence-corrected chi connectivity index (χ0v) is 29.5. The van der Waals surface area contributed by atoms with E-state index in [0.717, 1.165) is 19.3 Å².